The Kier molecular flexibility index (Phi) is 7.45. The van der Waals surface area contributed by atoms with Crippen LogP contribution in [0.4, 0.5) is 4.79 Å². The van der Waals surface area contributed by atoms with Gasteiger partial charge in [0.15, 0.2) is 0 Å². The fourth-order valence-corrected chi connectivity index (χ4v) is 5.80. The Balaban J connectivity index is 1.31. The van der Waals surface area contributed by atoms with Gasteiger partial charge in [0.2, 0.25) is 5.91 Å². The van der Waals surface area contributed by atoms with Crippen LogP contribution in [0.2, 0.25) is 0 Å². The smallest absolute Gasteiger partial charge is 0.410 e. The first-order chi connectivity index (χ1) is 20.4. The van der Waals surface area contributed by atoms with Gasteiger partial charge in [0, 0.05) is 35.4 Å². The maximum Gasteiger partial charge on any atom is 0.410 e. The highest BCUT2D eigenvalue weighted by atomic mass is 16.6. The standard InChI is InChI=1S/C32H33N3O7/c1-40-22-12-13-24-26(15-22)33-25(20-9-5-4-6-10-20)17-28(24)42-23-16-27-29(36)34-32(30(37)38)18-21(32)11-7-2-3-8-14-41-31(39)35(27)19-23/h4-7,9-13,15,17,21,23,27H,2-3,8,14,16,18-19H2,1H3,(H,34,36)(H,37,38)/b11-7+. The van der Waals surface area contributed by atoms with Crippen molar-refractivity contribution in [2.24, 2.45) is 5.92 Å². The van der Waals surface area contributed by atoms with E-state index in [0.717, 1.165) is 23.8 Å². The first-order valence-corrected chi connectivity index (χ1v) is 14.2. The average Bonchev–Trinajstić information content (AvgIpc) is 3.53. The lowest BCUT2D eigenvalue weighted by Crippen LogP contribution is -2.53. The Labute approximate surface area is 243 Å². The summed E-state index contributed by atoms with van der Waals surface area (Å²) in [5.41, 5.74) is 0.926. The molecular formula is C32H33N3O7. The van der Waals surface area contributed by atoms with Gasteiger partial charge in [0.05, 0.1) is 31.5 Å². The molecule has 3 aliphatic rings. The number of methoxy groups -OCH3 is 1. The fraction of sp³-hybridized carbons (Fsp3) is 0.375. The van der Waals surface area contributed by atoms with Gasteiger partial charge in [0.1, 0.15) is 29.2 Å². The second kappa shape index (κ2) is 11.3. The van der Waals surface area contributed by atoms with Crippen molar-refractivity contribution < 1.29 is 33.7 Å². The van der Waals surface area contributed by atoms with Crippen molar-refractivity contribution >= 4 is 28.9 Å². The Bertz CT molecular complexity index is 1540. The first kappa shape index (κ1) is 27.6. The van der Waals surface area contributed by atoms with E-state index < -0.39 is 35.7 Å². The Morgan fingerprint density at radius 3 is 2.76 bits per heavy atom. The molecule has 2 amide bonds. The van der Waals surface area contributed by atoms with Crippen LogP contribution >= 0.6 is 0 Å². The summed E-state index contributed by atoms with van der Waals surface area (Å²) in [7, 11) is 1.59. The van der Waals surface area contributed by atoms with Crippen LogP contribution in [0.5, 0.6) is 11.5 Å². The summed E-state index contributed by atoms with van der Waals surface area (Å²) >= 11 is 0. The number of nitrogens with zero attached hydrogens (tertiary/aromatic N) is 2. The van der Waals surface area contributed by atoms with E-state index in [1.165, 1.54) is 4.90 Å². The third kappa shape index (κ3) is 5.36. The van der Waals surface area contributed by atoms with Gasteiger partial charge >= 0.3 is 12.1 Å². The van der Waals surface area contributed by atoms with Gasteiger partial charge in [-0.2, -0.15) is 0 Å². The van der Waals surface area contributed by atoms with E-state index in [1.807, 2.05) is 66.7 Å². The number of carbonyl (C=O) groups is 3. The fourth-order valence-electron chi connectivity index (χ4n) is 5.80. The number of amides is 2. The van der Waals surface area contributed by atoms with Crippen molar-refractivity contribution in [3.8, 4) is 22.8 Å². The van der Waals surface area contributed by atoms with E-state index in [1.54, 1.807) is 7.11 Å². The highest BCUT2D eigenvalue weighted by Crippen LogP contribution is 2.45. The van der Waals surface area contributed by atoms with Crippen molar-refractivity contribution in [3.63, 3.8) is 0 Å². The Morgan fingerprint density at radius 2 is 1.98 bits per heavy atom. The number of pyridine rings is 1. The van der Waals surface area contributed by atoms with Crippen LogP contribution in [-0.2, 0) is 14.3 Å². The van der Waals surface area contributed by atoms with E-state index in [4.69, 9.17) is 19.2 Å². The van der Waals surface area contributed by atoms with Crippen LogP contribution in [0.3, 0.4) is 0 Å². The van der Waals surface area contributed by atoms with Gasteiger partial charge in [-0.1, -0.05) is 42.5 Å². The summed E-state index contributed by atoms with van der Waals surface area (Å²) < 4.78 is 17.4. The zero-order valence-electron chi connectivity index (χ0n) is 23.3. The molecule has 10 heteroatoms. The quantitative estimate of drug-likeness (QED) is 0.427. The predicted molar refractivity (Wildman–Crippen MR) is 154 cm³/mol. The lowest BCUT2D eigenvalue weighted by atomic mass is 10.1. The number of benzene rings is 2. The summed E-state index contributed by atoms with van der Waals surface area (Å²) in [6.45, 7) is 0.351. The van der Waals surface area contributed by atoms with Crippen molar-refractivity contribution in [1.82, 2.24) is 15.2 Å². The van der Waals surface area contributed by atoms with Crippen LogP contribution in [0, 0.1) is 5.92 Å². The lowest BCUT2D eigenvalue weighted by molar-refractivity contribution is -0.144. The third-order valence-electron chi connectivity index (χ3n) is 8.24. The number of hydrogen-bond donors (Lipinski definition) is 2. The minimum absolute atomic E-state index is 0.112. The number of aliphatic carboxylic acids is 1. The average molecular weight is 572 g/mol. The van der Waals surface area contributed by atoms with Gasteiger partial charge in [-0.3, -0.25) is 9.69 Å². The summed E-state index contributed by atoms with van der Waals surface area (Å²) in [6.07, 6.45) is 5.38. The highest BCUT2D eigenvalue weighted by Gasteiger charge is 2.61. The normalized spacial score (nSPS) is 26.7. The van der Waals surface area contributed by atoms with E-state index in [9.17, 15) is 19.5 Å². The molecule has 2 N–H and O–H groups in total. The number of hydrogen-bond acceptors (Lipinski definition) is 7. The second-order valence-corrected chi connectivity index (χ2v) is 11.0. The molecule has 10 nitrogen and oxygen atoms in total. The first-order valence-electron chi connectivity index (χ1n) is 14.2. The Morgan fingerprint density at radius 1 is 1.14 bits per heavy atom. The number of carbonyl (C=O) groups excluding carboxylic acids is 2. The third-order valence-corrected chi connectivity index (χ3v) is 8.24. The largest absolute Gasteiger partial charge is 0.497 e. The van der Waals surface area contributed by atoms with Gasteiger partial charge in [-0.05, 0) is 37.8 Å². The highest BCUT2D eigenvalue weighted by molar-refractivity contribution is 5.94. The molecule has 218 valence electrons. The van der Waals surface area contributed by atoms with Crippen LogP contribution < -0.4 is 14.8 Å². The Hall–Kier alpha value is -4.60. The monoisotopic (exact) mass is 571 g/mol. The van der Waals surface area contributed by atoms with Crippen LogP contribution in [0.25, 0.3) is 22.2 Å². The molecule has 42 heavy (non-hydrogen) atoms. The van der Waals surface area contributed by atoms with Crippen LogP contribution in [0.15, 0.2) is 66.7 Å². The number of fused-ring (bicyclic) bond motifs is 3. The molecule has 1 saturated carbocycles. The lowest BCUT2D eigenvalue weighted by Gasteiger charge is -2.25. The van der Waals surface area contributed by atoms with Gasteiger partial charge < -0.3 is 24.6 Å². The SMILES string of the molecule is COc1ccc2c(OC3CC4C(=O)NC5(C(=O)O)CC5/C=C/CCCCOC(=O)N4C3)cc(-c3ccccc3)nc2c1. The molecular weight excluding hydrogens is 538 g/mol. The molecule has 1 aromatic heterocycles. The summed E-state index contributed by atoms with van der Waals surface area (Å²) in [5.74, 6) is -0.678. The van der Waals surface area contributed by atoms with E-state index in [-0.39, 0.29) is 25.5 Å². The molecule has 0 radical (unpaired) electrons. The summed E-state index contributed by atoms with van der Waals surface area (Å²) in [4.78, 5) is 45.1. The van der Waals surface area contributed by atoms with Crippen LogP contribution in [0.1, 0.15) is 32.1 Å². The number of carboxylic acid groups (broad SMARTS) is 1. The van der Waals surface area contributed by atoms with Gasteiger partial charge in [0.25, 0.3) is 0 Å². The van der Waals surface area contributed by atoms with Crippen LogP contribution in [-0.4, -0.2) is 70.9 Å². The van der Waals surface area contributed by atoms with Crippen molar-refractivity contribution in [2.75, 3.05) is 20.3 Å². The molecule has 2 fully saturated rings. The van der Waals surface area contributed by atoms with Crippen molar-refractivity contribution in [2.45, 2.75) is 49.8 Å². The minimum Gasteiger partial charge on any atom is -0.497 e. The molecule has 2 aliphatic heterocycles. The second-order valence-electron chi connectivity index (χ2n) is 11.0. The molecule has 3 aromatic rings. The molecule has 1 saturated heterocycles. The molecule has 6 rings (SSSR count). The summed E-state index contributed by atoms with van der Waals surface area (Å²) in [6, 6.07) is 16.2. The molecule has 0 bridgehead atoms. The number of rotatable bonds is 5. The zero-order valence-corrected chi connectivity index (χ0v) is 23.3. The van der Waals surface area contributed by atoms with E-state index >= 15 is 0 Å². The number of aromatic nitrogens is 1. The number of carboxylic acids is 1. The molecule has 2 aromatic carbocycles. The number of nitrogens with one attached hydrogen (secondary N) is 1. The number of allylic oxidation sites excluding steroid dienone is 1. The van der Waals surface area contributed by atoms with Gasteiger partial charge in [-0.15, -0.1) is 0 Å². The van der Waals surface area contributed by atoms with E-state index in [0.29, 0.717) is 35.6 Å². The topological polar surface area (TPSA) is 127 Å². The number of cyclic esters (lactones) is 1. The summed E-state index contributed by atoms with van der Waals surface area (Å²) in [5, 5.41) is 13.5. The molecule has 1 aliphatic carbocycles. The molecule has 4 atom stereocenters. The minimum atomic E-state index is -1.36. The van der Waals surface area contributed by atoms with Crippen molar-refractivity contribution in [3.05, 3.63) is 66.7 Å². The maximum absolute atomic E-state index is 13.6. The molecule has 3 heterocycles. The van der Waals surface area contributed by atoms with Gasteiger partial charge in [-0.25, -0.2) is 14.6 Å². The zero-order chi connectivity index (χ0) is 29.3. The van der Waals surface area contributed by atoms with E-state index in [2.05, 4.69) is 5.32 Å². The molecule has 0 spiro atoms. The van der Waals surface area contributed by atoms with Crippen molar-refractivity contribution in [1.29, 1.82) is 0 Å². The molecule has 4 unspecified atom stereocenters. The maximum atomic E-state index is 13.6. The number of ether oxygens (including phenoxy) is 3. The predicted octanol–water partition coefficient (Wildman–Crippen LogP) is 4.57.